The number of ether oxygens (including phenoxy) is 2. The molecular formula is C15H18ClNO3. The number of rotatable bonds is 5. The summed E-state index contributed by atoms with van der Waals surface area (Å²) in [5.41, 5.74) is 1.31. The van der Waals surface area contributed by atoms with Gasteiger partial charge in [-0.25, -0.2) is 4.79 Å². The fraction of sp³-hybridized carbons (Fsp3) is 0.533. The van der Waals surface area contributed by atoms with Crippen LogP contribution in [0.2, 0.25) is 5.02 Å². The van der Waals surface area contributed by atoms with Gasteiger partial charge in [0.2, 0.25) is 6.08 Å². The largest absolute Gasteiger partial charge is 0.495 e. The summed E-state index contributed by atoms with van der Waals surface area (Å²) in [6, 6.07) is 1.99. The van der Waals surface area contributed by atoms with Crippen LogP contribution in [0.15, 0.2) is 11.1 Å². The summed E-state index contributed by atoms with van der Waals surface area (Å²) in [6.07, 6.45) is 5.12. The van der Waals surface area contributed by atoms with Crippen molar-refractivity contribution in [1.29, 1.82) is 0 Å². The van der Waals surface area contributed by atoms with Gasteiger partial charge in [0, 0.05) is 5.56 Å². The van der Waals surface area contributed by atoms with Crippen LogP contribution in [0.1, 0.15) is 37.3 Å². The highest BCUT2D eigenvalue weighted by Gasteiger charge is 2.42. The number of hydrogen-bond acceptors (Lipinski definition) is 4. The summed E-state index contributed by atoms with van der Waals surface area (Å²) in [7, 11) is 3.15. The van der Waals surface area contributed by atoms with Gasteiger partial charge in [0.05, 0.1) is 14.2 Å². The standard InChI is InChI=1S/C15H18ClNO3/c1-4-10-8-11(15(17-9-18)6-5-7-15)14(20-3)12(16)13(10)19-2/h8H,4-7H2,1-3H3. The summed E-state index contributed by atoms with van der Waals surface area (Å²) in [5, 5.41) is 0.441. The van der Waals surface area contributed by atoms with Gasteiger partial charge in [-0.05, 0) is 37.3 Å². The van der Waals surface area contributed by atoms with Crippen LogP contribution in [0.5, 0.6) is 11.5 Å². The SMILES string of the molecule is CCc1cc(C2(N=C=O)CCC2)c(OC)c(Cl)c1OC. The smallest absolute Gasteiger partial charge is 0.235 e. The van der Waals surface area contributed by atoms with E-state index < -0.39 is 5.54 Å². The summed E-state index contributed by atoms with van der Waals surface area (Å²) >= 11 is 6.40. The molecule has 2 rings (SSSR count). The van der Waals surface area contributed by atoms with Crippen molar-refractivity contribution in [1.82, 2.24) is 0 Å². The summed E-state index contributed by atoms with van der Waals surface area (Å²) in [4.78, 5) is 14.8. The molecular weight excluding hydrogens is 278 g/mol. The molecule has 1 fully saturated rings. The van der Waals surface area contributed by atoms with E-state index in [0.717, 1.165) is 36.8 Å². The number of hydrogen-bond donors (Lipinski definition) is 0. The molecule has 20 heavy (non-hydrogen) atoms. The van der Waals surface area contributed by atoms with Gasteiger partial charge in [0.1, 0.15) is 22.1 Å². The van der Waals surface area contributed by atoms with Crippen molar-refractivity contribution in [2.45, 2.75) is 38.1 Å². The van der Waals surface area contributed by atoms with Crippen LogP contribution in [-0.4, -0.2) is 20.3 Å². The average Bonchev–Trinajstić information content (AvgIpc) is 2.41. The lowest BCUT2D eigenvalue weighted by Crippen LogP contribution is -2.32. The Morgan fingerprint density at radius 3 is 2.40 bits per heavy atom. The van der Waals surface area contributed by atoms with Gasteiger partial charge in [-0.3, -0.25) is 0 Å². The van der Waals surface area contributed by atoms with Crippen molar-refractivity contribution in [2.75, 3.05) is 14.2 Å². The van der Waals surface area contributed by atoms with Crippen LogP contribution < -0.4 is 9.47 Å². The van der Waals surface area contributed by atoms with E-state index in [1.807, 2.05) is 13.0 Å². The molecule has 1 aromatic carbocycles. The van der Waals surface area contributed by atoms with Gasteiger partial charge in [-0.1, -0.05) is 18.5 Å². The molecule has 0 amide bonds. The molecule has 1 saturated carbocycles. The average molecular weight is 296 g/mol. The maximum Gasteiger partial charge on any atom is 0.235 e. The zero-order valence-corrected chi connectivity index (χ0v) is 12.7. The van der Waals surface area contributed by atoms with Gasteiger partial charge in [-0.2, -0.15) is 4.99 Å². The molecule has 1 aliphatic carbocycles. The van der Waals surface area contributed by atoms with E-state index >= 15 is 0 Å². The number of aryl methyl sites for hydroxylation is 1. The zero-order valence-electron chi connectivity index (χ0n) is 12.0. The number of aliphatic imine (C=N–C) groups is 1. The first-order valence-electron chi connectivity index (χ1n) is 6.66. The van der Waals surface area contributed by atoms with E-state index in [2.05, 4.69) is 4.99 Å². The number of nitrogens with zero attached hydrogens (tertiary/aromatic N) is 1. The lowest BCUT2D eigenvalue weighted by Gasteiger charge is -2.38. The van der Waals surface area contributed by atoms with Crippen LogP contribution in [0.3, 0.4) is 0 Å². The Morgan fingerprint density at radius 1 is 1.35 bits per heavy atom. The predicted octanol–water partition coefficient (Wildman–Crippen LogP) is 3.63. The fourth-order valence-corrected chi connectivity index (χ4v) is 3.11. The number of halogens is 1. The second-order valence-corrected chi connectivity index (χ2v) is 5.28. The first-order valence-corrected chi connectivity index (χ1v) is 7.04. The van der Waals surface area contributed by atoms with Crippen LogP contribution >= 0.6 is 11.6 Å². The summed E-state index contributed by atoms with van der Waals surface area (Å²) < 4.78 is 10.8. The maximum atomic E-state index is 10.8. The van der Waals surface area contributed by atoms with E-state index in [4.69, 9.17) is 21.1 Å². The maximum absolute atomic E-state index is 10.8. The Balaban J connectivity index is 2.69. The van der Waals surface area contributed by atoms with E-state index in [-0.39, 0.29) is 0 Å². The summed E-state index contributed by atoms with van der Waals surface area (Å²) in [6.45, 7) is 2.03. The lowest BCUT2D eigenvalue weighted by molar-refractivity contribution is 0.245. The van der Waals surface area contributed by atoms with Crippen LogP contribution in [0, 0.1) is 0 Å². The number of methoxy groups -OCH3 is 2. The van der Waals surface area contributed by atoms with Crippen molar-refractivity contribution < 1.29 is 14.3 Å². The third-order valence-corrected chi connectivity index (χ3v) is 4.33. The second-order valence-electron chi connectivity index (χ2n) is 4.91. The highest BCUT2D eigenvalue weighted by atomic mass is 35.5. The molecule has 0 heterocycles. The van der Waals surface area contributed by atoms with Gasteiger partial charge in [0.15, 0.2) is 0 Å². The van der Waals surface area contributed by atoms with E-state index in [1.54, 1.807) is 20.3 Å². The molecule has 0 atom stereocenters. The highest BCUT2D eigenvalue weighted by molar-refractivity contribution is 6.33. The Morgan fingerprint density at radius 2 is 2.00 bits per heavy atom. The molecule has 0 bridgehead atoms. The van der Waals surface area contributed by atoms with Crippen molar-refractivity contribution >= 4 is 17.7 Å². The van der Waals surface area contributed by atoms with Crippen molar-refractivity contribution in [3.63, 3.8) is 0 Å². The number of carbonyl (C=O) groups excluding carboxylic acids is 1. The molecule has 108 valence electrons. The third-order valence-electron chi connectivity index (χ3n) is 3.98. The fourth-order valence-electron chi connectivity index (χ4n) is 2.74. The van der Waals surface area contributed by atoms with Gasteiger partial charge in [0.25, 0.3) is 0 Å². The molecule has 0 spiro atoms. The van der Waals surface area contributed by atoms with E-state index in [1.165, 1.54) is 0 Å². The first kappa shape index (κ1) is 14.9. The molecule has 0 aromatic heterocycles. The minimum Gasteiger partial charge on any atom is -0.495 e. The molecule has 1 aliphatic rings. The number of isocyanates is 1. The second kappa shape index (κ2) is 5.86. The molecule has 0 N–H and O–H groups in total. The minimum absolute atomic E-state index is 0.441. The Kier molecular flexibility index (Phi) is 4.36. The van der Waals surface area contributed by atoms with Gasteiger partial charge in [-0.15, -0.1) is 0 Å². The molecule has 0 radical (unpaired) electrons. The Bertz CT molecular complexity index is 561. The monoisotopic (exact) mass is 295 g/mol. The molecule has 0 unspecified atom stereocenters. The summed E-state index contributed by atoms with van der Waals surface area (Å²) in [5.74, 6) is 1.17. The van der Waals surface area contributed by atoms with Crippen molar-refractivity contribution in [2.24, 2.45) is 4.99 Å². The highest BCUT2D eigenvalue weighted by Crippen LogP contribution is 2.52. The van der Waals surface area contributed by atoms with Crippen LogP contribution in [0.4, 0.5) is 0 Å². The Labute approximate surface area is 123 Å². The molecule has 0 aliphatic heterocycles. The quantitative estimate of drug-likeness (QED) is 0.615. The number of benzene rings is 1. The normalized spacial score (nSPS) is 16.0. The van der Waals surface area contributed by atoms with Gasteiger partial charge < -0.3 is 9.47 Å². The van der Waals surface area contributed by atoms with Gasteiger partial charge >= 0.3 is 0 Å². The molecule has 0 saturated heterocycles. The van der Waals surface area contributed by atoms with Crippen LogP contribution in [0.25, 0.3) is 0 Å². The van der Waals surface area contributed by atoms with E-state index in [9.17, 15) is 4.79 Å². The van der Waals surface area contributed by atoms with E-state index in [0.29, 0.717) is 16.5 Å². The first-order chi connectivity index (χ1) is 9.63. The third kappa shape index (κ3) is 2.19. The van der Waals surface area contributed by atoms with Crippen molar-refractivity contribution in [3.05, 3.63) is 22.2 Å². The predicted molar refractivity (Wildman–Crippen MR) is 77.6 cm³/mol. The Hall–Kier alpha value is -1.51. The molecule has 5 heteroatoms. The lowest BCUT2D eigenvalue weighted by atomic mass is 9.71. The topological polar surface area (TPSA) is 47.9 Å². The van der Waals surface area contributed by atoms with Crippen molar-refractivity contribution in [3.8, 4) is 11.5 Å². The van der Waals surface area contributed by atoms with Crippen LogP contribution in [-0.2, 0) is 16.8 Å². The molecule has 1 aromatic rings. The zero-order chi connectivity index (χ0) is 14.8. The molecule has 4 nitrogen and oxygen atoms in total. The minimum atomic E-state index is -0.535.